The Bertz CT molecular complexity index is 659. The van der Waals surface area contributed by atoms with Crippen LogP contribution in [-0.2, 0) is 0 Å². The van der Waals surface area contributed by atoms with Crippen LogP contribution in [0, 0.1) is 15.9 Å². The van der Waals surface area contributed by atoms with E-state index >= 15 is 0 Å². The highest BCUT2D eigenvalue weighted by atomic mass is 35.5. The number of hydrogen-bond donors (Lipinski definition) is 0. The summed E-state index contributed by atoms with van der Waals surface area (Å²) in [6.07, 6.45) is 1.45. The molecular weight excluding hydrogens is 271 g/mol. The van der Waals surface area contributed by atoms with E-state index in [1.807, 2.05) is 0 Å². The highest BCUT2D eigenvalue weighted by Crippen LogP contribution is 2.21. The number of nitrogens with zero attached hydrogens (tertiary/aromatic N) is 2. The molecule has 0 saturated carbocycles. The zero-order valence-corrected chi connectivity index (χ0v) is 10.3. The first-order valence-electron chi connectivity index (χ1n) is 5.30. The van der Waals surface area contributed by atoms with E-state index in [9.17, 15) is 14.5 Å². The van der Waals surface area contributed by atoms with Crippen LogP contribution in [0.4, 0.5) is 15.8 Å². The van der Waals surface area contributed by atoms with E-state index in [0.29, 0.717) is 11.3 Å². The van der Waals surface area contributed by atoms with Crippen LogP contribution in [0.1, 0.15) is 5.56 Å². The summed E-state index contributed by atoms with van der Waals surface area (Å²) < 4.78 is 12.9. The monoisotopic (exact) mass is 278 g/mol. The Labute approximate surface area is 113 Å². The smallest absolute Gasteiger partial charge is 0.258 e. The summed E-state index contributed by atoms with van der Waals surface area (Å²) in [5.74, 6) is -0.518. The molecule has 96 valence electrons. The van der Waals surface area contributed by atoms with E-state index in [1.165, 1.54) is 36.5 Å². The van der Waals surface area contributed by atoms with E-state index in [0.717, 1.165) is 0 Å². The molecule has 0 aliphatic heterocycles. The summed E-state index contributed by atoms with van der Waals surface area (Å²) in [5.41, 5.74) is 1.04. The first-order chi connectivity index (χ1) is 9.06. The third-order valence-electron chi connectivity index (χ3n) is 2.35. The molecule has 0 radical (unpaired) electrons. The van der Waals surface area contributed by atoms with Crippen LogP contribution in [0.15, 0.2) is 47.5 Å². The average molecular weight is 279 g/mol. The molecule has 6 heteroatoms. The lowest BCUT2D eigenvalue weighted by Gasteiger charge is -1.97. The molecule has 2 aromatic rings. The summed E-state index contributed by atoms with van der Waals surface area (Å²) >= 11 is 5.62. The number of rotatable bonds is 3. The van der Waals surface area contributed by atoms with Gasteiger partial charge in [0.2, 0.25) is 0 Å². The second kappa shape index (κ2) is 5.58. The Morgan fingerprint density at radius 3 is 2.74 bits per heavy atom. The van der Waals surface area contributed by atoms with Crippen molar-refractivity contribution in [3.63, 3.8) is 0 Å². The van der Waals surface area contributed by atoms with Crippen molar-refractivity contribution >= 4 is 29.2 Å². The number of nitro benzene ring substituents is 1. The first kappa shape index (κ1) is 13.2. The number of benzene rings is 2. The molecule has 0 fully saturated rings. The Kier molecular flexibility index (Phi) is 3.87. The average Bonchev–Trinajstić information content (AvgIpc) is 2.40. The van der Waals surface area contributed by atoms with E-state index in [2.05, 4.69) is 4.99 Å². The lowest BCUT2D eigenvalue weighted by molar-refractivity contribution is -0.384. The van der Waals surface area contributed by atoms with Gasteiger partial charge in [0.15, 0.2) is 0 Å². The van der Waals surface area contributed by atoms with Gasteiger partial charge in [-0.05, 0) is 23.8 Å². The Balaban J connectivity index is 2.24. The predicted molar refractivity (Wildman–Crippen MR) is 71.8 cm³/mol. The molecule has 0 aliphatic carbocycles. The lowest BCUT2D eigenvalue weighted by Crippen LogP contribution is -1.89. The van der Waals surface area contributed by atoms with E-state index in [4.69, 9.17) is 11.6 Å². The number of nitro groups is 1. The van der Waals surface area contributed by atoms with Gasteiger partial charge in [0, 0.05) is 18.3 Å². The van der Waals surface area contributed by atoms with Gasteiger partial charge in [-0.1, -0.05) is 23.7 Å². The molecule has 0 N–H and O–H groups in total. The van der Waals surface area contributed by atoms with Crippen molar-refractivity contribution in [2.75, 3.05) is 0 Å². The van der Waals surface area contributed by atoms with Crippen LogP contribution in [0.3, 0.4) is 0 Å². The van der Waals surface area contributed by atoms with Gasteiger partial charge < -0.3 is 0 Å². The third kappa shape index (κ3) is 3.35. The van der Waals surface area contributed by atoms with Crippen molar-refractivity contribution in [2.24, 2.45) is 4.99 Å². The topological polar surface area (TPSA) is 55.5 Å². The zero-order chi connectivity index (χ0) is 13.8. The molecule has 2 rings (SSSR count). The van der Waals surface area contributed by atoms with Crippen molar-refractivity contribution in [1.82, 2.24) is 0 Å². The molecule has 19 heavy (non-hydrogen) atoms. The number of aliphatic imine (C=N–C) groups is 1. The molecule has 0 heterocycles. The highest BCUT2D eigenvalue weighted by Gasteiger charge is 2.04. The van der Waals surface area contributed by atoms with Crippen molar-refractivity contribution < 1.29 is 9.31 Å². The summed E-state index contributed by atoms with van der Waals surface area (Å²) in [6, 6.07) is 10.1. The summed E-state index contributed by atoms with van der Waals surface area (Å²) in [4.78, 5) is 14.2. The normalized spacial score (nSPS) is 10.8. The predicted octanol–water partition coefficient (Wildman–Crippen LogP) is 4.14. The van der Waals surface area contributed by atoms with Crippen molar-refractivity contribution in [3.05, 3.63) is 69.0 Å². The van der Waals surface area contributed by atoms with Gasteiger partial charge in [-0.3, -0.25) is 15.1 Å². The van der Waals surface area contributed by atoms with Gasteiger partial charge >= 0.3 is 0 Å². The second-order valence-electron chi connectivity index (χ2n) is 3.71. The maximum Gasteiger partial charge on any atom is 0.270 e. The molecule has 0 bridgehead atoms. The standard InChI is InChI=1S/C13H8ClFN2O2/c14-12-7-10(4-5-13(12)15)16-8-9-2-1-3-11(6-9)17(18)19/h1-8H. The fourth-order valence-electron chi connectivity index (χ4n) is 1.43. The summed E-state index contributed by atoms with van der Waals surface area (Å²) in [5, 5.41) is 10.6. The van der Waals surface area contributed by atoms with Gasteiger partial charge in [-0.15, -0.1) is 0 Å². The molecular formula is C13H8ClFN2O2. The fraction of sp³-hybridized carbons (Fsp3) is 0. The summed E-state index contributed by atoms with van der Waals surface area (Å²) in [7, 11) is 0. The van der Waals surface area contributed by atoms with Crippen molar-refractivity contribution in [1.29, 1.82) is 0 Å². The number of hydrogen-bond acceptors (Lipinski definition) is 3. The summed E-state index contributed by atoms with van der Waals surface area (Å²) in [6.45, 7) is 0. The van der Waals surface area contributed by atoms with E-state index in [-0.39, 0.29) is 10.7 Å². The van der Waals surface area contributed by atoms with Crippen LogP contribution < -0.4 is 0 Å². The Hall–Kier alpha value is -2.27. The van der Waals surface area contributed by atoms with Crippen molar-refractivity contribution in [2.45, 2.75) is 0 Å². The van der Waals surface area contributed by atoms with Crippen LogP contribution in [0.25, 0.3) is 0 Å². The Morgan fingerprint density at radius 1 is 1.26 bits per heavy atom. The van der Waals surface area contributed by atoms with Gasteiger partial charge in [-0.2, -0.15) is 0 Å². The molecule has 0 atom stereocenters. The minimum absolute atomic E-state index is 0.0129. The quantitative estimate of drug-likeness (QED) is 0.481. The maximum atomic E-state index is 12.9. The Morgan fingerprint density at radius 2 is 2.05 bits per heavy atom. The van der Waals surface area contributed by atoms with Crippen LogP contribution in [0.5, 0.6) is 0 Å². The maximum absolute atomic E-state index is 12.9. The minimum Gasteiger partial charge on any atom is -0.258 e. The third-order valence-corrected chi connectivity index (χ3v) is 2.64. The molecule has 0 spiro atoms. The molecule has 4 nitrogen and oxygen atoms in total. The molecule has 0 aromatic heterocycles. The van der Waals surface area contributed by atoms with Gasteiger partial charge in [-0.25, -0.2) is 4.39 Å². The number of non-ortho nitro benzene ring substituents is 1. The highest BCUT2D eigenvalue weighted by molar-refractivity contribution is 6.31. The largest absolute Gasteiger partial charge is 0.270 e. The molecule has 0 unspecified atom stereocenters. The van der Waals surface area contributed by atoms with Gasteiger partial charge in [0.05, 0.1) is 15.6 Å². The fourth-order valence-corrected chi connectivity index (χ4v) is 1.61. The van der Waals surface area contributed by atoms with Crippen LogP contribution >= 0.6 is 11.6 Å². The zero-order valence-electron chi connectivity index (χ0n) is 9.59. The van der Waals surface area contributed by atoms with E-state index in [1.54, 1.807) is 12.1 Å². The van der Waals surface area contributed by atoms with Crippen LogP contribution in [-0.4, -0.2) is 11.1 Å². The van der Waals surface area contributed by atoms with Crippen molar-refractivity contribution in [3.8, 4) is 0 Å². The SMILES string of the molecule is O=[N+]([O-])c1cccc(C=Nc2ccc(F)c(Cl)c2)c1. The minimum atomic E-state index is -0.518. The van der Waals surface area contributed by atoms with Gasteiger partial charge in [0.1, 0.15) is 5.82 Å². The second-order valence-corrected chi connectivity index (χ2v) is 4.12. The number of halogens is 2. The molecule has 0 saturated heterocycles. The van der Waals surface area contributed by atoms with E-state index < -0.39 is 10.7 Å². The lowest BCUT2D eigenvalue weighted by atomic mass is 10.2. The first-order valence-corrected chi connectivity index (χ1v) is 5.67. The van der Waals surface area contributed by atoms with Crippen LogP contribution in [0.2, 0.25) is 5.02 Å². The van der Waals surface area contributed by atoms with Gasteiger partial charge in [0.25, 0.3) is 5.69 Å². The molecule has 0 aliphatic rings. The molecule has 2 aromatic carbocycles. The molecule has 0 amide bonds.